The van der Waals surface area contributed by atoms with Gasteiger partial charge in [-0.15, -0.1) is 0 Å². The molecule has 1 N–H and O–H groups in total. The molecule has 1 aliphatic heterocycles. The van der Waals surface area contributed by atoms with Gasteiger partial charge in [-0.2, -0.15) is 0 Å². The van der Waals surface area contributed by atoms with E-state index in [0.29, 0.717) is 18.3 Å². The zero-order chi connectivity index (χ0) is 13.8. The Labute approximate surface area is 116 Å². The van der Waals surface area contributed by atoms with Gasteiger partial charge in [0.1, 0.15) is 0 Å². The van der Waals surface area contributed by atoms with Crippen LogP contribution in [-0.2, 0) is 0 Å². The molecule has 0 spiro atoms. The largest absolute Gasteiger partial charge is 0.396 e. The van der Waals surface area contributed by atoms with Gasteiger partial charge in [0.15, 0.2) is 0 Å². The second-order valence-corrected chi connectivity index (χ2v) is 5.16. The quantitative estimate of drug-likeness (QED) is 0.678. The molecule has 1 aromatic rings. The van der Waals surface area contributed by atoms with Crippen LogP contribution < -0.4 is 4.90 Å². The first kappa shape index (κ1) is 14.0. The summed E-state index contributed by atoms with van der Waals surface area (Å²) in [5, 5.41) is 20.3. The van der Waals surface area contributed by atoms with Crippen molar-refractivity contribution >= 4 is 23.1 Å². The van der Waals surface area contributed by atoms with E-state index in [2.05, 4.69) is 4.98 Å². The van der Waals surface area contributed by atoms with Gasteiger partial charge in [0.05, 0.1) is 9.95 Å². The molecule has 2 heterocycles. The number of hydrogen-bond donors (Lipinski definition) is 1. The zero-order valence-electron chi connectivity index (χ0n) is 10.5. The molecule has 0 aliphatic carbocycles. The van der Waals surface area contributed by atoms with E-state index >= 15 is 0 Å². The third-order valence-corrected chi connectivity index (χ3v) is 3.57. The molecular formula is C12H16ClN3O3. The minimum absolute atomic E-state index is 0.0582. The van der Waals surface area contributed by atoms with E-state index in [0.717, 1.165) is 25.8 Å². The molecule has 7 heteroatoms. The number of nitro groups is 1. The average molecular weight is 286 g/mol. The van der Waals surface area contributed by atoms with Gasteiger partial charge in [0.2, 0.25) is 5.82 Å². The van der Waals surface area contributed by atoms with Gasteiger partial charge >= 0.3 is 5.69 Å². The van der Waals surface area contributed by atoms with E-state index in [-0.39, 0.29) is 17.3 Å². The fraction of sp³-hybridized carbons (Fsp3) is 0.583. The predicted octanol–water partition coefficient (Wildman–Crippen LogP) is 2.24. The molecule has 0 aromatic carbocycles. The van der Waals surface area contributed by atoms with Crippen molar-refractivity contribution < 1.29 is 10.0 Å². The molecule has 0 amide bonds. The highest BCUT2D eigenvalue weighted by Crippen LogP contribution is 2.31. The summed E-state index contributed by atoms with van der Waals surface area (Å²) in [6.45, 7) is 1.59. The summed E-state index contributed by atoms with van der Waals surface area (Å²) >= 11 is 5.76. The van der Waals surface area contributed by atoms with Crippen LogP contribution in [0.3, 0.4) is 0 Å². The van der Waals surface area contributed by atoms with Crippen LogP contribution in [0.5, 0.6) is 0 Å². The van der Waals surface area contributed by atoms with Crippen LogP contribution in [0.1, 0.15) is 19.3 Å². The fourth-order valence-corrected chi connectivity index (χ4v) is 2.63. The van der Waals surface area contributed by atoms with Crippen LogP contribution in [-0.4, -0.2) is 34.7 Å². The van der Waals surface area contributed by atoms with Crippen LogP contribution in [0, 0.1) is 16.0 Å². The van der Waals surface area contributed by atoms with E-state index in [1.165, 1.54) is 12.3 Å². The Morgan fingerprint density at radius 1 is 1.63 bits per heavy atom. The molecule has 19 heavy (non-hydrogen) atoms. The number of halogens is 1. The Morgan fingerprint density at radius 2 is 2.42 bits per heavy atom. The van der Waals surface area contributed by atoms with Gasteiger partial charge in [-0.1, -0.05) is 11.6 Å². The summed E-state index contributed by atoms with van der Waals surface area (Å²) in [5.74, 6) is 0.730. The molecule has 6 nitrogen and oxygen atoms in total. The maximum atomic E-state index is 11.1. The van der Waals surface area contributed by atoms with Crippen LogP contribution in [0.4, 0.5) is 11.5 Å². The number of hydrogen-bond acceptors (Lipinski definition) is 5. The third-order valence-electron chi connectivity index (χ3n) is 3.37. The molecule has 1 atom stereocenters. The molecule has 0 radical (unpaired) electrons. The van der Waals surface area contributed by atoms with E-state index in [1.54, 1.807) is 0 Å². The number of piperidine rings is 1. The van der Waals surface area contributed by atoms with Gasteiger partial charge in [-0.3, -0.25) is 10.1 Å². The molecular weight excluding hydrogens is 270 g/mol. The monoisotopic (exact) mass is 285 g/mol. The molecule has 0 bridgehead atoms. The van der Waals surface area contributed by atoms with E-state index in [4.69, 9.17) is 16.7 Å². The Kier molecular flexibility index (Phi) is 4.55. The zero-order valence-corrected chi connectivity index (χ0v) is 11.2. The van der Waals surface area contributed by atoms with Crippen LogP contribution >= 0.6 is 11.6 Å². The fourth-order valence-electron chi connectivity index (χ4n) is 2.48. The first-order chi connectivity index (χ1) is 9.11. The molecule has 1 saturated heterocycles. The van der Waals surface area contributed by atoms with Crippen molar-refractivity contribution in [3.63, 3.8) is 0 Å². The first-order valence-electron chi connectivity index (χ1n) is 6.27. The maximum absolute atomic E-state index is 11.1. The van der Waals surface area contributed by atoms with Crippen molar-refractivity contribution in [2.24, 2.45) is 5.92 Å². The van der Waals surface area contributed by atoms with Crippen LogP contribution in [0.15, 0.2) is 12.3 Å². The normalized spacial score (nSPS) is 19.5. The highest BCUT2D eigenvalue weighted by Gasteiger charge is 2.26. The first-order valence-corrected chi connectivity index (χ1v) is 6.65. The number of anilines is 1. The Hall–Kier alpha value is -1.40. The van der Waals surface area contributed by atoms with Crippen molar-refractivity contribution in [3.05, 3.63) is 27.4 Å². The van der Waals surface area contributed by atoms with Crippen molar-refractivity contribution in [2.75, 3.05) is 24.6 Å². The van der Waals surface area contributed by atoms with Crippen molar-refractivity contribution in [3.8, 4) is 0 Å². The standard InChI is InChI=1S/C12H16ClN3O3/c13-10-6-11(16(18)19)12(14-7-10)15-4-1-2-9(8-15)3-5-17/h6-7,9,17H,1-5,8H2. The third kappa shape index (κ3) is 3.33. The Balaban J connectivity index is 2.23. The number of pyridine rings is 1. The lowest BCUT2D eigenvalue weighted by molar-refractivity contribution is -0.384. The minimum Gasteiger partial charge on any atom is -0.396 e. The highest BCUT2D eigenvalue weighted by atomic mass is 35.5. The van der Waals surface area contributed by atoms with Crippen LogP contribution in [0.2, 0.25) is 5.02 Å². The summed E-state index contributed by atoms with van der Waals surface area (Å²) in [6, 6.07) is 1.33. The molecule has 104 valence electrons. The van der Waals surface area contributed by atoms with Crippen LogP contribution in [0.25, 0.3) is 0 Å². The summed E-state index contributed by atoms with van der Waals surface area (Å²) in [4.78, 5) is 16.6. The van der Waals surface area contributed by atoms with Gasteiger partial charge in [-0.25, -0.2) is 4.98 Å². The predicted molar refractivity (Wildman–Crippen MR) is 72.5 cm³/mol. The molecule has 1 aliphatic rings. The topological polar surface area (TPSA) is 79.5 Å². The van der Waals surface area contributed by atoms with Crippen molar-refractivity contribution in [1.82, 2.24) is 4.98 Å². The lowest BCUT2D eigenvalue weighted by atomic mass is 9.95. The van der Waals surface area contributed by atoms with Gasteiger partial charge < -0.3 is 10.0 Å². The van der Waals surface area contributed by atoms with E-state index in [1.807, 2.05) is 4.90 Å². The summed E-state index contributed by atoms with van der Waals surface area (Å²) < 4.78 is 0. The van der Waals surface area contributed by atoms with E-state index < -0.39 is 4.92 Å². The minimum atomic E-state index is -0.454. The van der Waals surface area contributed by atoms with Gasteiger partial charge in [0.25, 0.3) is 0 Å². The van der Waals surface area contributed by atoms with Gasteiger partial charge in [-0.05, 0) is 25.2 Å². The second-order valence-electron chi connectivity index (χ2n) is 4.72. The number of nitrogens with zero attached hydrogens (tertiary/aromatic N) is 3. The summed E-state index contributed by atoms with van der Waals surface area (Å²) in [7, 11) is 0. The second kappa shape index (κ2) is 6.16. The maximum Gasteiger partial charge on any atom is 0.313 e. The summed E-state index contributed by atoms with van der Waals surface area (Å²) in [6.07, 6.45) is 4.14. The summed E-state index contributed by atoms with van der Waals surface area (Å²) in [5.41, 5.74) is -0.0582. The number of aromatic nitrogens is 1. The molecule has 1 fully saturated rings. The van der Waals surface area contributed by atoms with Crippen molar-refractivity contribution in [2.45, 2.75) is 19.3 Å². The van der Waals surface area contributed by atoms with Gasteiger partial charge in [0, 0.05) is 32.0 Å². The van der Waals surface area contributed by atoms with E-state index in [9.17, 15) is 10.1 Å². The van der Waals surface area contributed by atoms with Crippen molar-refractivity contribution in [1.29, 1.82) is 0 Å². The number of aliphatic hydroxyl groups is 1. The molecule has 0 saturated carbocycles. The Bertz CT molecular complexity index is 468. The highest BCUT2D eigenvalue weighted by molar-refractivity contribution is 6.30. The number of aliphatic hydroxyl groups excluding tert-OH is 1. The smallest absolute Gasteiger partial charge is 0.313 e. The average Bonchev–Trinajstić information content (AvgIpc) is 2.39. The molecule has 2 rings (SSSR count). The number of rotatable bonds is 4. The lowest BCUT2D eigenvalue weighted by Gasteiger charge is -2.33. The SMILES string of the molecule is O=[N+]([O-])c1cc(Cl)cnc1N1CCCC(CCO)C1. The Morgan fingerprint density at radius 3 is 3.11 bits per heavy atom. The molecule has 1 aromatic heterocycles. The lowest BCUT2D eigenvalue weighted by Crippen LogP contribution is -2.36. The molecule has 1 unspecified atom stereocenters.